The normalized spacial score (nSPS) is 29.9. The van der Waals surface area contributed by atoms with Crippen molar-refractivity contribution in [2.24, 2.45) is 0 Å². The van der Waals surface area contributed by atoms with Gasteiger partial charge in [-0.3, -0.25) is 4.98 Å². The first kappa shape index (κ1) is 21.7. The number of aliphatic hydroxyl groups excluding tert-OH is 1. The maximum atomic E-state index is 10.1. The Morgan fingerprint density at radius 3 is 1.88 bits per heavy atom. The molecule has 0 amide bonds. The number of aromatic nitrogens is 1. The average molecular weight is 498 g/mol. The van der Waals surface area contributed by atoms with Crippen molar-refractivity contribution < 1.29 is 24.1 Å². The highest BCUT2D eigenvalue weighted by Crippen LogP contribution is 2.41. The molecule has 2 saturated heterocycles. The van der Waals surface area contributed by atoms with E-state index >= 15 is 0 Å². The first-order valence-electron chi connectivity index (χ1n) is 10.6. The maximum absolute atomic E-state index is 10.1. The van der Waals surface area contributed by atoms with Crippen molar-refractivity contribution in [1.29, 1.82) is 0 Å². The van der Waals surface area contributed by atoms with Crippen molar-refractivity contribution in [2.75, 3.05) is 6.61 Å². The van der Waals surface area contributed by atoms with Gasteiger partial charge in [-0.05, 0) is 27.6 Å². The van der Waals surface area contributed by atoms with E-state index in [2.05, 4.69) is 20.9 Å². The molecule has 6 nitrogen and oxygen atoms in total. The monoisotopic (exact) mass is 497 g/mol. The van der Waals surface area contributed by atoms with Gasteiger partial charge < -0.3 is 24.1 Å². The van der Waals surface area contributed by atoms with Crippen LogP contribution in [-0.2, 0) is 25.4 Å². The van der Waals surface area contributed by atoms with E-state index in [4.69, 9.17) is 18.9 Å². The van der Waals surface area contributed by atoms with Gasteiger partial charge in [-0.15, -0.1) is 0 Å². The van der Waals surface area contributed by atoms with E-state index in [0.29, 0.717) is 6.42 Å². The third-order valence-corrected chi connectivity index (χ3v) is 6.17. The number of aliphatic hydroxyl groups is 1. The first-order chi connectivity index (χ1) is 15.7. The number of hydrogen-bond acceptors (Lipinski definition) is 6. The van der Waals surface area contributed by atoms with Crippen molar-refractivity contribution in [2.45, 2.75) is 43.4 Å². The van der Waals surface area contributed by atoms with Gasteiger partial charge in [0.15, 0.2) is 12.6 Å². The summed E-state index contributed by atoms with van der Waals surface area (Å²) in [5.41, 5.74) is 2.81. The molecule has 2 aromatic carbocycles. The second-order valence-corrected chi connectivity index (χ2v) is 8.85. The zero-order valence-electron chi connectivity index (χ0n) is 17.3. The molecule has 0 saturated carbocycles. The zero-order chi connectivity index (χ0) is 21.9. The van der Waals surface area contributed by atoms with Crippen LogP contribution in [0.5, 0.6) is 0 Å². The van der Waals surface area contributed by atoms with E-state index in [1.165, 1.54) is 0 Å². The number of nitrogens with zero attached hydrogens (tertiary/aromatic N) is 1. The van der Waals surface area contributed by atoms with Gasteiger partial charge in [-0.1, -0.05) is 60.7 Å². The number of hydrogen-bond donors (Lipinski definition) is 1. The van der Waals surface area contributed by atoms with Gasteiger partial charge in [-0.2, -0.15) is 0 Å². The molecule has 2 unspecified atom stereocenters. The first-order valence-corrected chi connectivity index (χ1v) is 11.4. The Balaban J connectivity index is 1.47. The summed E-state index contributed by atoms with van der Waals surface area (Å²) < 4.78 is 26.2. The maximum Gasteiger partial charge on any atom is 0.184 e. The Kier molecular flexibility index (Phi) is 6.64. The van der Waals surface area contributed by atoms with Gasteiger partial charge >= 0.3 is 0 Å². The summed E-state index contributed by atoms with van der Waals surface area (Å²) in [7, 11) is 0. The van der Waals surface area contributed by atoms with Crippen molar-refractivity contribution in [1.82, 2.24) is 4.98 Å². The van der Waals surface area contributed by atoms with Crippen LogP contribution in [0.1, 0.15) is 29.3 Å². The molecule has 1 aromatic heterocycles. The zero-order valence-corrected chi connectivity index (χ0v) is 18.9. The molecule has 3 aromatic rings. The predicted molar refractivity (Wildman–Crippen MR) is 121 cm³/mol. The highest BCUT2D eigenvalue weighted by molar-refractivity contribution is 9.10. The van der Waals surface area contributed by atoms with Crippen LogP contribution in [0, 0.1) is 0 Å². The van der Waals surface area contributed by atoms with E-state index in [9.17, 15) is 5.11 Å². The van der Waals surface area contributed by atoms with Crippen LogP contribution in [0.4, 0.5) is 0 Å². The minimum atomic E-state index is -0.613. The van der Waals surface area contributed by atoms with Crippen LogP contribution in [0.2, 0.25) is 0 Å². The van der Waals surface area contributed by atoms with Gasteiger partial charge in [0.25, 0.3) is 0 Å². The number of ether oxygens (including phenoxy) is 4. The quantitative estimate of drug-likeness (QED) is 0.565. The fourth-order valence-electron chi connectivity index (χ4n) is 4.22. The minimum absolute atomic E-state index is 0.180. The summed E-state index contributed by atoms with van der Waals surface area (Å²) in [5, 5.41) is 10.1. The summed E-state index contributed by atoms with van der Waals surface area (Å²) in [6.07, 6.45) is 1.19. The number of halogens is 1. The molecule has 7 heteroatoms. The largest absolute Gasteiger partial charge is 0.394 e. The van der Waals surface area contributed by atoms with Crippen LogP contribution >= 0.6 is 15.9 Å². The Hall–Kier alpha value is -2.13. The fourth-order valence-corrected chi connectivity index (χ4v) is 4.63. The molecule has 5 rings (SSSR count). The van der Waals surface area contributed by atoms with E-state index in [1.807, 2.05) is 72.9 Å². The Bertz CT molecular complexity index is 1020. The number of pyridine rings is 1. The topological polar surface area (TPSA) is 70.0 Å². The molecular weight excluding hydrogens is 474 g/mol. The lowest BCUT2D eigenvalue weighted by molar-refractivity contribution is -0.384. The van der Waals surface area contributed by atoms with Crippen molar-refractivity contribution >= 4 is 15.9 Å². The molecule has 0 spiro atoms. The molecule has 2 aliphatic rings. The molecule has 2 fully saturated rings. The minimum Gasteiger partial charge on any atom is -0.394 e. The SMILES string of the molecule is OC[C@H]1OC(c2ccccc2)O[C@@H]2[C@@H]1OC(c1ccccc1)O[C@@H]2Cc1cncc(Br)c1. The van der Waals surface area contributed by atoms with Crippen molar-refractivity contribution in [3.8, 4) is 0 Å². The molecule has 0 aliphatic carbocycles. The summed E-state index contributed by atoms with van der Waals surface area (Å²) >= 11 is 3.49. The third-order valence-electron chi connectivity index (χ3n) is 5.74. The van der Waals surface area contributed by atoms with Gasteiger partial charge in [-0.25, -0.2) is 0 Å². The molecule has 0 radical (unpaired) electrons. The molecule has 166 valence electrons. The fraction of sp³-hybridized carbons (Fsp3) is 0.320. The molecule has 3 heterocycles. The highest BCUT2D eigenvalue weighted by atomic mass is 79.9. The second kappa shape index (κ2) is 9.79. The van der Waals surface area contributed by atoms with Gasteiger partial charge in [0.2, 0.25) is 0 Å². The van der Waals surface area contributed by atoms with Gasteiger partial charge in [0, 0.05) is 34.4 Å². The Labute approximate surface area is 195 Å². The third kappa shape index (κ3) is 4.64. The molecule has 1 N–H and O–H groups in total. The van der Waals surface area contributed by atoms with E-state index in [1.54, 1.807) is 6.20 Å². The lowest BCUT2D eigenvalue weighted by Crippen LogP contribution is -2.59. The predicted octanol–water partition coefficient (Wildman–Crippen LogP) is 4.34. The van der Waals surface area contributed by atoms with Crippen LogP contribution in [0.15, 0.2) is 83.6 Å². The van der Waals surface area contributed by atoms with Gasteiger partial charge in [0.05, 0.1) is 12.7 Å². The molecule has 32 heavy (non-hydrogen) atoms. The Morgan fingerprint density at radius 1 is 0.750 bits per heavy atom. The summed E-state index contributed by atoms with van der Waals surface area (Å²) in [6, 6.07) is 21.5. The summed E-state index contributed by atoms with van der Waals surface area (Å²) in [5.74, 6) is 0. The smallest absolute Gasteiger partial charge is 0.184 e. The van der Waals surface area contributed by atoms with Crippen molar-refractivity contribution in [3.05, 3.63) is 100 Å². The Morgan fingerprint density at radius 2 is 1.31 bits per heavy atom. The number of fused-ring (bicyclic) bond motifs is 1. The van der Waals surface area contributed by atoms with Gasteiger partial charge in [0.1, 0.15) is 18.3 Å². The summed E-state index contributed by atoms with van der Waals surface area (Å²) in [4.78, 5) is 4.29. The van der Waals surface area contributed by atoms with E-state index in [-0.39, 0.29) is 12.7 Å². The molecule has 0 bridgehead atoms. The van der Waals surface area contributed by atoms with Crippen LogP contribution < -0.4 is 0 Å². The lowest BCUT2D eigenvalue weighted by atomic mass is 9.94. The van der Waals surface area contributed by atoms with Crippen molar-refractivity contribution in [3.63, 3.8) is 0 Å². The highest BCUT2D eigenvalue weighted by Gasteiger charge is 2.50. The molecule has 2 aliphatic heterocycles. The van der Waals surface area contributed by atoms with E-state index in [0.717, 1.165) is 21.2 Å². The average Bonchev–Trinajstić information content (AvgIpc) is 2.84. The molecule has 6 atom stereocenters. The number of benzene rings is 2. The number of rotatable bonds is 5. The lowest BCUT2D eigenvalue weighted by Gasteiger charge is -2.49. The standard InChI is InChI=1S/C25H24BrNO5/c26-19-11-16(13-27-14-19)12-20-22-23(32-24(29-20)17-7-3-1-4-8-17)21(15-28)30-25(31-22)18-9-5-2-6-10-18/h1-11,13-14,20-25,28H,12,15H2/t20-,21-,22+,23-,24?,25?/m1/s1. The van der Waals surface area contributed by atoms with E-state index < -0.39 is 30.9 Å². The summed E-state index contributed by atoms with van der Waals surface area (Å²) in [6.45, 7) is -0.180. The van der Waals surface area contributed by atoms with Crippen LogP contribution in [-0.4, -0.2) is 41.1 Å². The second-order valence-electron chi connectivity index (χ2n) is 7.93. The van der Waals surface area contributed by atoms with Crippen LogP contribution in [0.25, 0.3) is 0 Å². The molecular formula is C25H24BrNO5. The van der Waals surface area contributed by atoms with Crippen LogP contribution in [0.3, 0.4) is 0 Å².